The van der Waals surface area contributed by atoms with Crippen LogP contribution in [0.4, 0.5) is 0 Å². The predicted molar refractivity (Wildman–Crippen MR) is 83.5 cm³/mol. The summed E-state index contributed by atoms with van der Waals surface area (Å²) in [6.07, 6.45) is 1.77. The van der Waals surface area contributed by atoms with Crippen molar-refractivity contribution in [2.24, 2.45) is 0 Å². The number of fused-ring (bicyclic) bond motifs is 1. The summed E-state index contributed by atoms with van der Waals surface area (Å²) in [6.45, 7) is 9.07. The zero-order valence-corrected chi connectivity index (χ0v) is 12.8. The fourth-order valence-corrected chi connectivity index (χ4v) is 3.19. The van der Waals surface area contributed by atoms with Crippen molar-refractivity contribution < 1.29 is 0 Å². The number of aryl methyl sites for hydroxylation is 1. The molecule has 0 aromatic carbocycles. The van der Waals surface area contributed by atoms with E-state index in [1.807, 2.05) is 19.1 Å². The molecule has 112 valence electrons. The van der Waals surface area contributed by atoms with Crippen molar-refractivity contribution in [2.45, 2.75) is 39.4 Å². The summed E-state index contributed by atoms with van der Waals surface area (Å²) in [5.74, 6) is 0. The molecule has 0 radical (unpaired) electrons. The molecule has 2 unspecified atom stereocenters. The number of pyridine rings is 1. The zero-order chi connectivity index (χ0) is 15.0. The molecule has 1 N–H and O–H groups in total. The Labute approximate surface area is 124 Å². The first-order valence-corrected chi connectivity index (χ1v) is 7.49. The van der Waals surface area contributed by atoms with Crippen LogP contribution in [0.15, 0.2) is 29.2 Å². The number of rotatable bonds is 2. The van der Waals surface area contributed by atoms with E-state index in [-0.39, 0.29) is 5.56 Å². The van der Waals surface area contributed by atoms with E-state index in [1.165, 1.54) is 0 Å². The molecule has 2 aromatic heterocycles. The van der Waals surface area contributed by atoms with Crippen LogP contribution in [-0.2, 0) is 6.54 Å². The van der Waals surface area contributed by atoms with E-state index in [4.69, 9.17) is 0 Å². The first-order chi connectivity index (χ1) is 10.0. The minimum atomic E-state index is -0.00469. The molecule has 0 spiro atoms. The van der Waals surface area contributed by atoms with E-state index in [1.54, 1.807) is 16.7 Å². The number of hydrogen-bond acceptors (Lipinski definition) is 4. The summed E-state index contributed by atoms with van der Waals surface area (Å²) >= 11 is 0. The van der Waals surface area contributed by atoms with E-state index < -0.39 is 0 Å². The number of nitrogens with one attached hydrogen (secondary N) is 1. The summed E-state index contributed by atoms with van der Waals surface area (Å²) < 4.78 is 1.61. The highest BCUT2D eigenvalue weighted by molar-refractivity contribution is 5.46. The van der Waals surface area contributed by atoms with Crippen LogP contribution < -0.4 is 10.9 Å². The number of hydrogen-bond donors (Lipinski definition) is 1. The van der Waals surface area contributed by atoms with Crippen LogP contribution in [0.2, 0.25) is 0 Å². The molecule has 2 atom stereocenters. The summed E-state index contributed by atoms with van der Waals surface area (Å²) in [4.78, 5) is 19.3. The quantitative estimate of drug-likeness (QED) is 0.901. The molecule has 1 aliphatic rings. The van der Waals surface area contributed by atoms with Gasteiger partial charge in [0.2, 0.25) is 0 Å². The smallest absolute Gasteiger partial charge is 0.258 e. The fraction of sp³-hybridized carbons (Fsp3) is 0.500. The maximum Gasteiger partial charge on any atom is 0.258 e. The molecule has 0 saturated carbocycles. The van der Waals surface area contributed by atoms with E-state index >= 15 is 0 Å². The highest BCUT2D eigenvalue weighted by Gasteiger charge is 2.21. The Morgan fingerprint density at radius 3 is 2.76 bits per heavy atom. The molecule has 1 fully saturated rings. The molecule has 5 nitrogen and oxygen atoms in total. The van der Waals surface area contributed by atoms with Gasteiger partial charge in [0.1, 0.15) is 5.65 Å². The average Bonchev–Trinajstić information content (AvgIpc) is 2.39. The Bertz CT molecular complexity index is 699. The second-order valence-electron chi connectivity index (χ2n) is 6.13. The van der Waals surface area contributed by atoms with Crippen molar-refractivity contribution in [1.29, 1.82) is 0 Å². The zero-order valence-electron chi connectivity index (χ0n) is 12.8. The van der Waals surface area contributed by atoms with Crippen molar-refractivity contribution in [3.05, 3.63) is 46.0 Å². The van der Waals surface area contributed by atoms with Crippen LogP contribution in [-0.4, -0.2) is 39.5 Å². The summed E-state index contributed by atoms with van der Waals surface area (Å²) in [6, 6.07) is 6.46. The molecule has 2 aromatic rings. The molecule has 1 aliphatic heterocycles. The number of aromatic nitrogens is 2. The summed E-state index contributed by atoms with van der Waals surface area (Å²) in [5.41, 5.74) is 2.64. The molecular formula is C16H22N4O. The van der Waals surface area contributed by atoms with Crippen molar-refractivity contribution >= 4 is 5.65 Å². The first-order valence-electron chi connectivity index (χ1n) is 7.49. The van der Waals surface area contributed by atoms with Crippen molar-refractivity contribution in [3.63, 3.8) is 0 Å². The molecule has 3 heterocycles. The molecule has 1 saturated heterocycles. The monoisotopic (exact) mass is 286 g/mol. The highest BCUT2D eigenvalue weighted by atomic mass is 16.1. The van der Waals surface area contributed by atoms with Gasteiger partial charge in [-0.3, -0.25) is 14.1 Å². The summed E-state index contributed by atoms with van der Waals surface area (Å²) in [5, 5.41) is 3.52. The maximum atomic E-state index is 12.2. The molecule has 0 bridgehead atoms. The Kier molecular flexibility index (Phi) is 3.78. The normalized spacial score (nSPS) is 23.6. The van der Waals surface area contributed by atoms with E-state index in [9.17, 15) is 4.79 Å². The standard InChI is InChI=1S/C16H22N4O/c1-11-5-4-6-20-15(21)7-14(18-16(11)20)10-19-8-12(2)17-13(3)9-19/h4-7,12-13,17H,8-10H2,1-3H3. The lowest BCUT2D eigenvalue weighted by molar-refractivity contribution is 0.165. The third-order valence-corrected chi connectivity index (χ3v) is 3.96. The Morgan fingerprint density at radius 1 is 1.33 bits per heavy atom. The largest absolute Gasteiger partial charge is 0.309 e. The van der Waals surface area contributed by atoms with Crippen molar-refractivity contribution in [3.8, 4) is 0 Å². The number of nitrogens with zero attached hydrogens (tertiary/aromatic N) is 3. The average molecular weight is 286 g/mol. The van der Waals surface area contributed by atoms with Crippen molar-refractivity contribution in [1.82, 2.24) is 19.6 Å². The molecular weight excluding hydrogens is 264 g/mol. The number of piperazine rings is 1. The van der Waals surface area contributed by atoms with Crippen LogP contribution >= 0.6 is 0 Å². The van der Waals surface area contributed by atoms with Gasteiger partial charge in [-0.25, -0.2) is 4.98 Å². The van der Waals surface area contributed by atoms with Crippen LogP contribution in [0.25, 0.3) is 5.65 Å². The van der Waals surface area contributed by atoms with Gasteiger partial charge < -0.3 is 5.32 Å². The molecule has 3 rings (SSSR count). The van der Waals surface area contributed by atoms with E-state index in [2.05, 4.69) is 29.0 Å². The van der Waals surface area contributed by atoms with E-state index in [0.717, 1.165) is 36.5 Å². The second kappa shape index (κ2) is 5.58. The van der Waals surface area contributed by atoms with Gasteiger partial charge in [0, 0.05) is 44.0 Å². The molecule has 0 amide bonds. The molecule has 5 heteroatoms. The Morgan fingerprint density at radius 2 is 2.05 bits per heavy atom. The van der Waals surface area contributed by atoms with Crippen LogP contribution in [0.5, 0.6) is 0 Å². The van der Waals surface area contributed by atoms with Crippen LogP contribution in [0, 0.1) is 6.92 Å². The Balaban J connectivity index is 1.91. The highest BCUT2D eigenvalue weighted by Crippen LogP contribution is 2.10. The predicted octanol–water partition coefficient (Wildman–Crippen LogP) is 1.19. The van der Waals surface area contributed by atoms with E-state index in [0.29, 0.717) is 12.1 Å². The van der Waals surface area contributed by atoms with Gasteiger partial charge >= 0.3 is 0 Å². The lowest BCUT2D eigenvalue weighted by Gasteiger charge is -2.35. The third-order valence-electron chi connectivity index (χ3n) is 3.96. The van der Waals surface area contributed by atoms with Gasteiger partial charge in [-0.1, -0.05) is 6.07 Å². The van der Waals surface area contributed by atoms with Crippen LogP contribution in [0.1, 0.15) is 25.1 Å². The van der Waals surface area contributed by atoms with Crippen molar-refractivity contribution in [2.75, 3.05) is 13.1 Å². The van der Waals surface area contributed by atoms with Gasteiger partial charge in [0.25, 0.3) is 5.56 Å². The topological polar surface area (TPSA) is 49.6 Å². The fourth-order valence-electron chi connectivity index (χ4n) is 3.19. The molecule has 0 aliphatic carbocycles. The SMILES string of the molecule is Cc1cccn2c(=O)cc(CN3CC(C)NC(C)C3)nc12. The minimum Gasteiger partial charge on any atom is -0.309 e. The molecule has 21 heavy (non-hydrogen) atoms. The first kappa shape index (κ1) is 14.2. The van der Waals surface area contributed by atoms with Gasteiger partial charge in [-0.15, -0.1) is 0 Å². The lowest BCUT2D eigenvalue weighted by Crippen LogP contribution is -2.53. The summed E-state index contributed by atoms with van der Waals surface area (Å²) in [7, 11) is 0. The lowest BCUT2D eigenvalue weighted by atomic mass is 10.1. The van der Waals surface area contributed by atoms with Gasteiger partial charge in [0.15, 0.2) is 0 Å². The maximum absolute atomic E-state index is 12.2. The van der Waals surface area contributed by atoms with Crippen LogP contribution in [0.3, 0.4) is 0 Å². The van der Waals surface area contributed by atoms with Gasteiger partial charge in [-0.2, -0.15) is 0 Å². The van der Waals surface area contributed by atoms with Gasteiger partial charge in [0.05, 0.1) is 5.69 Å². The Hall–Kier alpha value is -1.72. The second-order valence-corrected chi connectivity index (χ2v) is 6.13. The minimum absolute atomic E-state index is 0.00469. The van der Waals surface area contributed by atoms with Gasteiger partial charge in [-0.05, 0) is 32.4 Å². The third kappa shape index (κ3) is 2.99.